The standard InChI is InChI=1S/C12H13N3O2.ClH/c1-17-12(16)10-6-7-15(14-10)11-5-3-2-4-9(11)8-13;/h2-7H,8,13H2,1H3;1H. The first-order chi connectivity index (χ1) is 8.26. The Morgan fingerprint density at radius 3 is 2.78 bits per heavy atom. The van der Waals surface area contributed by atoms with Crippen LogP contribution in [0, 0.1) is 0 Å². The molecule has 1 aromatic carbocycles. The molecule has 6 heteroatoms. The molecule has 0 aliphatic carbocycles. The predicted molar refractivity (Wildman–Crippen MR) is 70.0 cm³/mol. The molecule has 0 aliphatic heterocycles. The molecule has 0 atom stereocenters. The molecular weight excluding hydrogens is 254 g/mol. The minimum atomic E-state index is -0.450. The SMILES string of the molecule is COC(=O)c1ccn(-c2ccccc2CN)n1.Cl. The van der Waals surface area contributed by atoms with Crippen LogP contribution in [0.4, 0.5) is 0 Å². The van der Waals surface area contributed by atoms with Gasteiger partial charge in [-0.2, -0.15) is 5.10 Å². The number of aromatic nitrogens is 2. The highest BCUT2D eigenvalue weighted by Gasteiger charge is 2.11. The van der Waals surface area contributed by atoms with Crippen LogP contribution in [0.15, 0.2) is 36.5 Å². The lowest BCUT2D eigenvalue weighted by atomic mass is 10.2. The normalized spacial score (nSPS) is 9.67. The van der Waals surface area contributed by atoms with E-state index >= 15 is 0 Å². The zero-order valence-corrected chi connectivity index (χ0v) is 10.7. The summed E-state index contributed by atoms with van der Waals surface area (Å²) in [5, 5.41) is 4.15. The van der Waals surface area contributed by atoms with E-state index in [0.717, 1.165) is 11.3 Å². The van der Waals surface area contributed by atoms with E-state index in [2.05, 4.69) is 9.84 Å². The molecule has 0 amide bonds. The molecule has 0 fully saturated rings. The third-order valence-corrected chi connectivity index (χ3v) is 2.44. The van der Waals surface area contributed by atoms with Crippen molar-refractivity contribution in [2.45, 2.75) is 6.54 Å². The van der Waals surface area contributed by atoms with E-state index in [1.54, 1.807) is 16.9 Å². The van der Waals surface area contributed by atoms with Crippen molar-refractivity contribution in [2.24, 2.45) is 5.73 Å². The van der Waals surface area contributed by atoms with Gasteiger partial charge in [0.2, 0.25) is 0 Å². The van der Waals surface area contributed by atoms with Gasteiger partial charge in [0, 0.05) is 12.7 Å². The first kappa shape index (κ1) is 14.2. The minimum absolute atomic E-state index is 0. The predicted octanol–water partition coefficient (Wildman–Crippen LogP) is 1.54. The van der Waals surface area contributed by atoms with Crippen molar-refractivity contribution in [2.75, 3.05) is 7.11 Å². The van der Waals surface area contributed by atoms with Gasteiger partial charge >= 0.3 is 5.97 Å². The topological polar surface area (TPSA) is 70.1 Å². The third-order valence-electron chi connectivity index (χ3n) is 2.44. The summed E-state index contributed by atoms with van der Waals surface area (Å²) in [5.41, 5.74) is 7.76. The second kappa shape index (κ2) is 6.18. The Balaban J connectivity index is 0.00000162. The van der Waals surface area contributed by atoms with Crippen LogP contribution < -0.4 is 5.73 Å². The molecule has 0 aliphatic rings. The van der Waals surface area contributed by atoms with Gasteiger partial charge in [0.05, 0.1) is 12.8 Å². The van der Waals surface area contributed by atoms with E-state index in [4.69, 9.17) is 5.73 Å². The zero-order valence-electron chi connectivity index (χ0n) is 9.87. The number of halogens is 1. The van der Waals surface area contributed by atoms with Gasteiger partial charge in [-0.25, -0.2) is 9.48 Å². The lowest BCUT2D eigenvalue weighted by Crippen LogP contribution is -2.07. The zero-order chi connectivity index (χ0) is 12.3. The fraction of sp³-hybridized carbons (Fsp3) is 0.167. The van der Waals surface area contributed by atoms with Crippen molar-refractivity contribution in [1.29, 1.82) is 0 Å². The van der Waals surface area contributed by atoms with Crippen molar-refractivity contribution in [1.82, 2.24) is 9.78 Å². The number of carbonyl (C=O) groups excluding carboxylic acids is 1. The highest BCUT2D eigenvalue weighted by atomic mass is 35.5. The summed E-state index contributed by atoms with van der Waals surface area (Å²) < 4.78 is 6.22. The maximum Gasteiger partial charge on any atom is 0.358 e. The first-order valence-electron chi connectivity index (χ1n) is 5.18. The number of hydrogen-bond acceptors (Lipinski definition) is 4. The smallest absolute Gasteiger partial charge is 0.358 e. The molecule has 96 valence electrons. The molecule has 2 aromatic rings. The first-order valence-corrected chi connectivity index (χ1v) is 5.18. The average molecular weight is 268 g/mol. The number of benzene rings is 1. The molecule has 0 spiro atoms. The molecule has 1 aromatic heterocycles. The van der Waals surface area contributed by atoms with Crippen molar-refractivity contribution in [3.63, 3.8) is 0 Å². The molecular formula is C12H14ClN3O2. The lowest BCUT2D eigenvalue weighted by Gasteiger charge is -2.06. The summed E-state index contributed by atoms with van der Waals surface area (Å²) in [6.45, 7) is 0.420. The van der Waals surface area contributed by atoms with Crippen molar-refractivity contribution in [3.8, 4) is 5.69 Å². The van der Waals surface area contributed by atoms with E-state index in [0.29, 0.717) is 6.54 Å². The summed E-state index contributed by atoms with van der Waals surface area (Å²) in [7, 11) is 1.33. The van der Waals surface area contributed by atoms with E-state index in [1.807, 2.05) is 24.3 Å². The van der Waals surface area contributed by atoms with Crippen molar-refractivity contribution in [3.05, 3.63) is 47.8 Å². The Hall–Kier alpha value is -1.85. The fourth-order valence-corrected chi connectivity index (χ4v) is 1.58. The van der Waals surface area contributed by atoms with Crippen LogP contribution in [0.3, 0.4) is 0 Å². The summed E-state index contributed by atoms with van der Waals surface area (Å²) in [6.07, 6.45) is 1.71. The quantitative estimate of drug-likeness (QED) is 0.857. The van der Waals surface area contributed by atoms with Crippen molar-refractivity contribution < 1.29 is 9.53 Å². The summed E-state index contributed by atoms with van der Waals surface area (Å²) in [6, 6.07) is 9.24. The van der Waals surface area contributed by atoms with E-state index in [9.17, 15) is 4.79 Å². The maximum atomic E-state index is 11.3. The summed E-state index contributed by atoms with van der Waals surface area (Å²) in [5.74, 6) is -0.450. The van der Waals surface area contributed by atoms with Crippen LogP contribution >= 0.6 is 12.4 Å². The number of carbonyl (C=O) groups is 1. The Bertz CT molecular complexity index is 540. The van der Waals surface area contributed by atoms with Crippen LogP contribution in [0.5, 0.6) is 0 Å². The number of methoxy groups -OCH3 is 1. The molecule has 0 radical (unpaired) electrons. The van der Waals surface area contributed by atoms with E-state index < -0.39 is 5.97 Å². The second-order valence-electron chi connectivity index (χ2n) is 3.47. The monoisotopic (exact) mass is 267 g/mol. The van der Waals surface area contributed by atoms with Gasteiger partial charge in [0.1, 0.15) is 0 Å². The fourth-order valence-electron chi connectivity index (χ4n) is 1.58. The molecule has 2 rings (SSSR count). The third kappa shape index (κ3) is 2.69. The van der Waals surface area contributed by atoms with Gasteiger partial charge < -0.3 is 10.5 Å². The van der Waals surface area contributed by atoms with E-state index in [-0.39, 0.29) is 18.1 Å². The molecule has 0 bridgehead atoms. The Labute approximate surface area is 111 Å². The largest absolute Gasteiger partial charge is 0.464 e. The van der Waals surface area contributed by atoms with Crippen LogP contribution in [-0.2, 0) is 11.3 Å². The Morgan fingerprint density at radius 2 is 2.11 bits per heavy atom. The molecule has 1 heterocycles. The Kier molecular flexibility index (Phi) is 4.88. The number of nitrogens with zero attached hydrogens (tertiary/aromatic N) is 2. The van der Waals surface area contributed by atoms with Gasteiger partial charge in [-0.3, -0.25) is 0 Å². The molecule has 18 heavy (non-hydrogen) atoms. The number of nitrogens with two attached hydrogens (primary N) is 1. The van der Waals surface area contributed by atoms with Crippen LogP contribution in [-0.4, -0.2) is 22.9 Å². The summed E-state index contributed by atoms with van der Waals surface area (Å²) in [4.78, 5) is 11.3. The van der Waals surface area contributed by atoms with Gasteiger partial charge in [0.25, 0.3) is 0 Å². The molecule has 0 saturated carbocycles. The Morgan fingerprint density at radius 1 is 1.39 bits per heavy atom. The molecule has 0 unspecified atom stereocenters. The summed E-state index contributed by atoms with van der Waals surface area (Å²) >= 11 is 0. The van der Waals surface area contributed by atoms with Gasteiger partial charge in [-0.1, -0.05) is 18.2 Å². The maximum absolute atomic E-state index is 11.3. The number of hydrogen-bond donors (Lipinski definition) is 1. The number of rotatable bonds is 3. The number of para-hydroxylation sites is 1. The van der Waals surface area contributed by atoms with Gasteiger partial charge in [0.15, 0.2) is 5.69 Å². The molecule has 5 nitrogen and oxygen atoms in total. The molecule has 0 saturated heterocycles. The van der Waals surface area contributed by atoms with Crippen molar-refractivity contribution >= 4 is 18.4 Å². The van der Waals surface area contributed by atoms with Gasteiger partial charge in [-0.15, -0.1) is 12.4 Å². The highest BCUT2D eigenvalue weighted by molar-refractivity contribution is 5.87. The lowest BCUT2D eigenvalue weighted by molar-refractivity contribution is 0.0593. The van der Waals surface area contributed by atoms with Crippen LogP contribution in [0.1, 0.15) is 16.1 Å². The number of esters is 1. The minimum Gasteiger partial charge on any atom is -0.464 e. The van der Waals surface area contributed by atoms with Crippen LogP contribution in [0.2, 0.25) is 0 Å². The van der Waals surface area contributed by atoms with Gasteiger partial charge in [-0.05, 0) is 17.7 Å². The average Bonchev–Trinajstić information content (AvgIpc) is 2.87. The number of ether oxygens (including phenoxy) is 1. The van der Waals surface area contributed by atoms with E-state index in [1.165, 1.54) is 7.11 Å². The molecule has 2 N–H and O–H groups in total. The highest BCUT2D eigenvalue weighted by Crippen LogP contribution is 2.13. The second-order valence-corrected chi connectivity index (χ2v) is 3.47. The van der Waals surface area contributed by atoms with Crippen LogP contribution in [0.25, 0.3) is 5.69 Å².